The average molecular weight is 323 g/mol. The normalized spacial score (nSPS) is 11.7. The van der Waals surface area contributed by atoms with E-state index < -0.39 is 12.0 Å². The molecular weight excluding hydrogens is 311 g/mol. The predicted molar refractivity (Wildman–Crippen MR) is 77.8 cm³/mol. The number of rotatable bonds is 3. The van der Waals surface area contributed by atoms with Gasteiger partial charge in [-0.25, -0.2) is 15.0 Å². The molecule has 9 heteroatoms. The van der Waals surface area contributed by atoms with Gasteiger partial charge in [-0.1, -0.05) is 0 Å². The van der Waals surface area contributed by atoms with Crippen LogP contribution >= 0.6 is 0 Å². The van der Waals surface area contributed by atoms with Gasteiger partial charge in [0.2, 0.25) is 5.82 Å². The summed E-state index contributed by atoms with van der Waals surface area (Å²) >= 11 is 0. The van der Waals surface area contributed by atoms with Crippen LogP contribution in [0.3, 0.4) is 0 Å². The molecule has 0 atom stereocenters. The highest BCUT2D eigenvalue weighted by Gasteiger charge is 2.36. The number of hydrogen-bond acceptors (Lipinski definition) is 5. The van der Waals surface area contributed by atoms with Crippen LogP contribution in [0.4, 0.5) is 19.0 Å². The summed E-state index contributed by atoms with van der Waals surface area (Å²) in [6.07, 6.45) is -3.24. The Bertz CT molecular complexity index is 842. The van der Waals surface area contributed by atoms with Gasteiger partial charge >= 0.3 is 6.18 Å². The lowest BCUT2D eigenvalue weighted by atomic mass is 10.3. The Morgan fingerprint density at radius 3 is 2.39 bits per heavy atom. The molecule has 1 aromatic carbocycles. The lowest BCUT2D eigenvalue weighted by Gasteiger charge is -2.09. The van der Waals surface area contributed by atoms with Gasteiger partial charge in [-0.2, -0.15) is 13.2 Å². The second-order valence-electron chi connectivity index (χ2n) is 4.63. The molecular formula is C14H12F3N5O. The van der Waals surface area contributed by atoms with E-state index in [9.17, 15) is 13.2 Å². The number of halogens is 3. The molecule has 0 amide bonds. The van der Waals surface area contributed by atoms with Crippen LogP contribution in [-0.4, -0.2) is 33.7 Å². The van der Waals surface area contributed by atoms with E-state index in [1.807, 2.05) is 0 Å². The molecule has 6 nitrogen and oxygen atoms in total. The van der Waals surface area contributed by atoms with Gasteiger partial charge in [0, 0.05) is 12.7 Å². The third-order valence-electron chi connectivity index (χ3n) is 3.24. The van der Waals surface area contributed by atoms with Gasteiger partial charge in [0.15, 0.2) is 17.0 Å². The third-order valence-corrected chi connectivity index (χ3v) is 3.24. The quantitative estimate of drug-likeness (QED) is 0.803. The van der Waals surface area contributed by atoms with Gasteiger partial charge < -0.3 is 10.1 Å². The summed E-state index contributed by atoms with van der Waals surface area (Å²) in [5.74, 6) is -0.557. The molecule has 23 heavy (non-hydrogen) atoms. The molecule has 0 fully saturated rings. The molecule has 0 saturated carbocycles. The summed E-state index contributed by atoms with van der Waals surface area (Å²) in [5, 5.41) is 2.62. The van der Waals surface area contributed by atoms with E-state index in [0.29, 0.717) is 11.4 Å². The third kappa shape index (κ3) is 2.65. The summed E-state index contributed by atoms with van der Waals surface area (Å²) in [4.78, 5) is 11.2. The van der Waals surface area contributed by atoms with Crippen LogP contribution in [0, 0.1) is 0 Å². The predicted octanol–water partition coefficient (Wildman–Crippen LogP) is 2.88. The molecule has 3 aromatic rings. The number of alkyl halides is 3. The van der Waals surface area contributed by atoms with E-state index in [2.05, 4.69) is 20.3 Å². The van der Waals surface area contributed by atoms with Crippen LogP contribution in [0.1, 0.15) is 5.82 Å². The molecule has 120 valence electrons. The molecule has 0 saturated heterocycles. The lowest BCUT2D eigenvalue weighted by Crippen LogP contribution is -2.13. The summed E-state index contributed by atoms with van der Waals surface area (Å²) in [6.45, 7) is 0. The van der Waals surface area contributed by atoms with Crippen molar-refractivity contribution in [3.05, 3.63) is 36.4 Å². The molecule has 0 bridgehead atoms. The van der Waals surface area contributed by atoms with Crippen molar-refractivity contribution in [3.63, 3.8) is 0 Å². The molecule has 0 unspecified atom stereocenters. The molecule has 3 rings (SSSR count). The fourth-order valence-electron chi connectivity index (χ4n) is 2.13. The first-order valence-electron chi connectivity index (χ1n) is 6.58. The van der Waals surface area contributed by atoms with Crippen molar-refractivity contribution in [2.75, 3.05) is 19.5 Å². The topological polar surface area (TPSA) is 64.9 Å². The number of aromatic nitrogens is 4. The second-order valence-corrected chi connectivity index (χ2v) is 4.63. The van der Waals surface area contributed by atoms with Crippen molar-refractivity contribution in [1.29, 1.82) is 0 Å². The van der Waals surface area contributed by atoms with Gasteiger partial charge in [-0.15, -0.1) is 0 Å². The zero-order chi connectivity index (χ0) is 16.6. The maximum absolute atomic E-state index is 13.0. The minimum absolute atomic E-state index is 0.0228. The van der Waals surface area contributed by atoms with E-state index in [0.717, 1.165) is 0 Å². The molecule has 0 spiro atoms. The molecule has 0 radical (unpaired) electrons. The van der Waals surface area contributed by atoms with Crippen molar-refractivity contribution in [1.82, 2.24) is 19.5 Å². The lowest BCUT2D eigenvalue weighted by molar-refractivity contribution is -0.144. The van der Waals surface area contributed by atoms with Crippen molar-refractivity contribution < 1.29 is 17.9 Å². The number of ether oxygens (including phenoxy) is 1. The molecule has 0 aliphatic carbocycles. The summed E-state index contributed by atoms with van der Waals surface area (Å²) in [7, 11) is 3.01. The number of fused-ring (bicyclic) bond motifs is 1. The van der Waals surface area contributed by atoms with E-state index in [4.69, 9.17) is 4.74 Å². The minimum atomic E-state index is -4.64. The van der Waals surface area contributed by atoms with Crippen LogP contribution < -0.4 is 10.1 Å². The Morgan fingerprint density at radius 2 is 1.83 bits per heavy atom. The number of anilines is 1. The first-order chi connectivity index (χ1) is 10.9. The Balaban J connectivity index is 2.21. The van der Waals surface area contributed by atoms with Crippen molar-refractivity contribution in [2.45, 2.75) is 6.18 Å². The van der Waals surface area contributed by atoms with Crippen LogP contribution in [0.25, 0.3) is 16.9 Å². The summed E-state index contributed by atoms with van der Waals surface area (Å²) < 4.78 is 45.4. The van der Waals surface area contributed by atoms with Crippen LogP contribution in [0.2, 0.25) is 0 Å². The molecule has 0 aliphatic heterocycles. The van der Waals surface area contributed by atoms with Crippen molar-refractivity contribution >= 4 is 17.0 Å². The van der Waals surface area contributed by atoms with Gasteiger partial charge in [0.25, 0.3) is 0 Å². The van der Waals surface area contributed by atoms with Gasteiger partial charge in [-0.3, -0.25) is 4.57 Å². The number of hydrogen-bond donors (Lipinski definition) is 1. The van der Waals surface area contributed by atoms with Crippen molar-refractivity contribution in [2.24, 2.45) is 0 Å². The summed E-state index contributed by atoms with van der Waals surface area (Å²) in [6, 6.07) is 6.81. The maximum atomic E-state index is 13.0. The Morgan fingerprint density at radius 1 is 1.13 bits per heavy atom. The number of benzene rings is 1. The van der Waals surface area contributed by atoms with Crippen molar-refractivity contribution in [3.8, 4) is 11.4 Å². The van der Waals surface area contributed by atoms with Crippen LogP contribution in [0.15, 0.2) is 30.6 Å². The van der Waals surface area contributed by atoms with Gasteiger partial charge in [0.05, 0.1) is 7.11 Å². The number of imidazole rings is 1. The number of nitrogens with one attached hydrogen (secondary N) is 1. The number of methoxy groups -OCH3 is 1. The molecule has 2 aromatic heterocycles. The van der Waals surface area contributed by atoms with Crippen LogP contribution in [-0.2, 0) is 6.18 Å². The fraction of sp³-hybridized carbons (Fsp3) is 0.214. The van der Waals surface area contributed by atoms with E-state index in [1.54, 1.807) is 24.3 Å². The fourth-order valence-corrected chi connectivity index (χ4v) is 2.13. The van der Waals surface area contributed by atoms with E-state index in [1.165, 1.54) is 25.1 Å². The Kier molecular flexibility index (Phi) is 3.55. The smallest absolute Gasteiger partial charge is 0.451 e. The Hall–Kier alpha value is -2.84. The first kappa shape index (κ1) is 15.1. The zero-order valence-electron chi connectivity index (χ0n) is 12.2. The molecule has 2 heterocycles. The van der Waals surface area contributed by atoms with E-state index in [-0.39, 0.29) is 17.0 Å². The summed E-state index contributed by atoms with van der Waals surface area (Å²) in [5.41, 5.74) is 0.945. The maximum Gasteiger partial charge on any atom is 0.451 e. The monoisotopic (exact) mass is 323 g/mol. The van der Waals surface area contributed by atoms with Gasteiger partial charge in [-0.05, 0) is 24.3 Å². The van der Waals surface area contributed by atoms with E-state index >= 15 is 0 Å². The second kappa shape index (κ2) is 5.41. The van der Waals surface area contributed by atoms with Gasteiger partial charge in [0.1, 0.15) is 12.1 Å². The highest BCUT2D eigenvalue weighted by molar-refractivity contribution is 5.84. The molecule has 1 N–H and O–H groups in total. The zero-order valence-corrected chi connectivity index (χ0v) is 12.2. The van der Waals surface area contributed by atoms with Crippen LogP contribution in [0.5, 0.6) is 5.75 Å². The number of nitrogens with zero attached hydrogens (tertiary/aromatic N) is 4. The molecule has 0 aliphatic rings. The largest absolute Gasteiger partial charge is 0.497 e. The highest BCUT2D eigenvalue weighted by Crippen LogP contribution is 2.30. The Labute approximate surface area is 129 Å². The SMILES string of the molecule is CNc1nc(C(F)(F)F)nc2c1ncn2-c1ccc(OC)cc1. The highest BCUT2D eigenvalue weighted by atomic mass is 19.4. The standard InChI is InChI=1S/C14H12F3N5O/c1-18-11-10-12(21-13(20-11)14(15,16)17)22(7-19-10)8-3-5-9(23-2)6-4-8/h3-7H,1-2H3,(H,18,20,21). The minimum Gasteiger partial charge on any atom is -0.497 e. The first-order valence-corrected chi connectivity index (χ1v) is 6.58. The average Bonchev–Trinajstić information content (AvgIpc) is 2.97.